The van der Waals surface area contributed by atoms with Crippen LogP contribution in [0.5, 0.6) is 0 Å². The van der Waals surface area contributed by atoms with Crippen LogP contribution in [-0.2, 0) is 19.1 Å². The first-order valence-electron chi connectivity index (χ1n) is 9.38. The van der Waals surface area contributed by atoms with Crippen LogP contribution < -0.4 is 5.32 Å². The van der Waals surface area contributed by atoms with Gasteiger partial charge in [-0.15, -0.1) is 0 Å². The topological polar surface area (TPSA) is 71.1 Å². The van der Waals surface area contributed by atoms with E-state index in [1.807, 2.05) is 12.1 Å². The molecule has 1 aromatic rings. The van der Waals surface area contributed by atoms with Gasteiger partial charge in [-0.1, -0.05) is 24.3 Å². The number of hydrogen-bond acceptors (Lipinski definition) is 5. The molecule has 0 aromatic heterocycles. The lowest BCUT2D eigenvalue weighted by Gasteiger charge is -2.23. The second kappa shape index (κ2) is 8.82. The number of fused-ring (bicyclic) bond motifs is 3. The van der Waals surface area contributed by atoms with Crippen LogP contribution in [0.4, 0.5) is 0 Å². The van der Waals surface area contributed by atoms with Crippen LogP contribution in [-0.4, -0.2) is 82.3 Å². The van der Waals surface area contributed by atoms with E-state index in [1.165, 1.54) is 11.1 Å². The Balaban J connectivity index is 1.66. The Labute approximate surface area is 160 Å². The zero-order valence-corrected chi connectivity index (χ0v) is 16.3. The summed E-state index contributed by atoms with van der Waals surface area (Å²) in [5.41, 5.74) is 2.48. The van der Waals surface area contributed by atoms with Gasteiger partial charge in [0.2, 0.25) is 11.8 Å². The molecule has 2 aliphatic rings. The van der Waals surface area contributed by atoms with Gasteiger partial charge in [-0.05, 0) is 11.1 Å². The summed E-state index contributed by atoms with van der Waals surface area (Å²) < 4.78 is 10.3. The molecular formula is C20H29N3O4. The van der Waals surface area contributed by atoms with Gasteiger partial charge in [0, 0.05) is 46.1 Å². The smallest absolute Gasteiger partial charge is 0.246 e. The first-order chi connectivity index (χ1) is 13.0. The molecule has 1 heterocycles. The molecule has 0 unspecified atom stereocenters. The molecule has 148 valence electrons. The Bertz CT molecular complexity index is 679. The van der Waals surface area contributed by atoms with Gasteiger partial charge in [0.1, 0.15) is 6.61 Å². The van der Waals surface area contributed by atoms with Crippen molar-refractivity contribution >= 4 is 11.8 Å². The predicted molar refractivity (Wildman–Crippen MR) is 101 cm³/mol. The molecule has 0 saturated carbocycles. The molecule has 1 N–H and O–H groups in total. The number of nitrogens with zero attached hydrogens (tertiary/aromatic N) is 2. The molecule has 27 heavy (non-hydrogen) atoms. The summed E-state index contributed by atoms with van der Waals surface area (Å²) in [5, 5.41) is 3.15. The van der Waals surface area contributed by atoms with E-state index in [0.29, 0.717) is 25.7 Å². The van der Waals surface area contributed by atoms with Crippen LogP contribution in [0.3, 0.4) is 0 Å². The molecule has 1 aromatic carbocycles. The molecule has 7 heteroatoms. The Morgan fingerprint density at radius 2 is 1.93 bits per heavy atom. The number of methoxy groups -OCH3 is 1. The van der Waals surface area contributed by atoms with Gasteiger partial charge in [-0.25, -0.2) is 0 Å². The highest BCUT2D eigenvalue weighted by molar-refractivity contribution is 5.78. The van der Waals surface area contributed by atoms with E-state index in [2.05, 4.69) is 22.3 Å². The fraction of sp³-hybridized carbons (Fsp3) is 0.600. The second-order valence-electron chi connectivity index (χ2n) is 7.47. The summed E-state index contributed by atoms with van der Waals surface area (Å²) in [7, 11) is 5.16. The first kappa shape index (κ1) is 19.8. The van der Waals surface area contributed by atoms with Crippen molar-refractivity contribution in [2.24, 2.45) is 5.92 Å². The second-order valence-corrected chi connectivity index (χ2v) is 7.47. The quantitative estimate of drug-likeness (QED) is 0.675. The Morgan fingerprint density at radius 1 is 1.19 bits per heavy atom. The molecule has 7 nitrogen and oxygen atoms in total. The van der Waals surface area contributed by atoms with Crippen LogP contribution in [0.1, 0.15) is 23.1 Å². The average molecular weight is 375 g/mol. The highest BCUT2D eigenvalue weighted by Crippen LogP contribution is 2.49. The number of carbonyl (C=O) groups excluding carboxylic acids is 2. The molecule has 1 fully saturated rings. The summed E-state index contributed by atoms with van der Waals surface area (Å²) in [6, 6.07) is 8.26. The van der Waals surface area contributed by atoms with Gasteiger partial charge < -0.3 is 19.7 Å². The molecule has 0 spiro atoms. The molecule has 3 rings (SSSR count). The summed E-state index contributed by atoms with van der Waals surface area (Å²) in [6.45, 7) is 2.97. The number of nitrogens with one attached hydrogen (secondary N) is 1. The number of carbonyl (C=O) groups is 2. The van der Waals surface area contributed by atoms with Gasteiger partial charge in [-0.2, -0.15) is 0 Å². The van der Waals surface area contributed by atoms with Gasteiger partial charge in [0.15, 0.2) is 0 Å². The van der Waals surface area contributed by atoms with Crippen LogP contribution in [0.25, 0.3) is 0 Å². The standard InChI is InChI=1S/C20H29N3O4/c1-22(2)19(25)12-23-10-16-14-6-4-5-7-15(14)20(17(16)11-23)21-18(24)13-27-9-8-26-3/h4-7,16-17,20H,8-13H2,1-3H3,(H,21,24)/t16-,17-,20+/m0/s1. The van der Waals surface area contributed by atoms with Crippen molar-refractivity contribution in [1.82, 2.24) is 15.1 Å². The van der Waals surface area contributed by atoms with Crippen molar-refractivity contribution in [1.29, 1.82) is 0 Å². The summed E-state index contributed by atoms with van der Waals surface area (Å²) in [4.78, 5) is 28.3. The van der Waals surface area contributed by atoms with Crippen LogP contribution in [0.2, 0.25) is 0 Å². The number of ether oxygens (including phenoxy) is 2. The highest BCUT2D eigenvalue weighted by atomic mass is 16.5. The minimum Gasteiger partial charge on any atom is -0.382 e. The number of likely N-dealkylation sites (N-methyl/N-ethyl adjacent to an activating group) is 1. The van der Waals surface area contributed by atoms with Crippen LogP contribution in [0, 0.1) is 5.92 Å². The normalized spacial score (nSPS) is 23.7. The zero-order valence-electron chi connectivity index (χ0n) is 16.3. The van der Waals surface area contributed by atoms with E-state index in [0.717, 1.165) is 13.1 Å². The zero-order chi connectivity index (χ0) is 19.4. The third kappa shape index (κ3) is 4.48. The number of amides is 2. The lowest BCUT2D eigenvalue weighted by Crippen LogP contribution is -2.38. The molecule has 3 atom stereocenters. The summed E-state index contributed by atoms with van der Waals surface area (Å²) in [5.74, 6) is 0.612. The molecule has 2 amide bonds. The van der Waals surface area contributed by atoms with Crippen molar-refractivity contribution < 1.29 is 19.1 Å². The Hall–Kier alpha value is -1.96. The number of benzene rings is 1. The van der Waals surface area contributed by atoms with E-state index < -0.39 is 0 Å². The van der Waals surface area contributed by atoms with Gasteiger partial charge >= 0.3 is 0 Å². The van der Waals surface area contributed by atoms with Crippen LogP contribution >= 0.6 is 0 Å². The fourth-order valence-corrected chi connectivity index (χ4v) is 4.11. The highest BCUT2D eigenvalue weighted by Gasteiger charge is 2.46. The van der Waals surface area contributed by atoms with Crippen molar-refractivity contribution in [3.05, 3.63) is 35.4 Å². The van der Waals surface area contributed by atoms with E-state index in [-0.39, 0.29) is 30.4 Å². The Morgan fingerprint density at radius 3 is 2.63 bits per heavy atom. The van der Waals surface area contributed by atoms with E-state index in [1.54, 1.807) is 26.1 Å². The minimum absolute atomic E-state index is 0.0300. The molecule has 1 saturated heterocycles. The van der Waals surface area contributed by atoms with E-state index in [4.69, 9.17) is 9.47 Å². The minimum atomic E-state index is -0.116. The number of hydrogen-bond donors (Lipinski definition) is 1. The molecule has 1 aliphatic carbocycles. The van der Waals surface area contributed by atoms with Crippen molar-refractivity contribution in [2.45, 2.75) is 12.0 Å². The number of rotatable bonds is 8. The lowest BCUT2D eigenvalue weighted by atomic mass is 9.94. The third-order valence-corrected chi connectivity index (χ3v) is 5.44. The van der Waals surface area contributed by atoms with Crippen molar-refractivity contribution in [2.75, 3.05) is 60.7 Å². The lowest BCUT2D eigenvalue weighted by molar-refractivity contribution is -0.130. The molecular weight excluding hydrogens is 346 g/mol. The average Bonchev–Trinajstić information content (AvgIpc) is 3.17. The monoisotopic (exact) mass is 375 g/mol. The maximum Gasteiger partial charge on any atom is 0.246 e. The van der Waals surface area contributed by atoms with Gasteiger partial charge in [0.05, 0.1) is 25.8 Å². The first-order valence-corrected chi connectivity index (χ1v) is 9.38. The van der Waals surface area contributed by atoms with Crippen molar-refractivity contribution in [3.63, 3.8) is 0 Å². The summed E-state index contributed by atoms with van der Waals surface area (Å²) in [6.07, 6.45) is 0. The van der Waals surface area contributed by atoms with Gasteiger partial charge in [0.25, 0.3) is 0 Å². The maximum absolute atomic E-state index is 12.4. The number of likely N-dealkylation sites (tertiary alicyclic amines) is 1. The molecule has 1 aliphatic heterocycles. The summed E-state index contributed by atoms with van der Waals surface area (Å²) >= 11 is 0. The fourth-order valence-electron chi connectivity index (χ4n) is 4.11. The Kier molecular flexibility index (Phi) is 6.46. The maximum atomic E-state index is 12.4. The van der Waals surface area contributed by atoms with Crippen LogP contribution in [0.15, 0.2) is 24.3 Å². The largest absolute Gasteiger partial charge is 0.382 e. The predicted octanol–water partition coefficient (Wildman–Crippen LogP) is 0.624. The SMILES string of the molecule is COCCOCC(=O)N[C@@H]1c2ccccc2[C@@H]2CN(CC(=O)N(C)C)C[C@H]12. The van der Waals surface area contributed by atoms with Crippen molar-refractivity contribution in [3.8, 4) is 0 Å². The molecule has 0 bridgehead atoms. The van der Waals surface area contributed by atoms with E-state index in [9.17, 15) is 9.59 Å². The van der Waals surface area contributed by atoms with E-state index >= 15 is 0 Å². The molecule has 0 radical (unpaired) electrons. The third-order valence-electron chi connectivity index (χ3n) is 5.44. The van der Waals surface area contributed by atoms with Gasteiger partial charge in [-0.3, -0.25) is 14.5 Å².